The van der Waals surface area contributed by atoms with Gasteiger partial charge in [0.15, 0.2) is 0 Å². The fraction of sp³-hybridized carbons (Fsp3) is 0.733. The first-order chi connectivity index (χ1) is 8.54. The molecule has 0 N–H and O–H groups in total. The molecule has 0 bridgehead atoms. The molecule has 0 aromatic carbocycles. The molecule has 1 fully saturated rings. The number of hydrogen-bond acceptors (Lipinski definition) is 2. The van der Waals surface area contributed by atoms with Crippen LogP contribution in [0.1, 0.15) is 58.2 Å². The minimum absolute atomic E-state index is 0.173. The molecule has 0 aliphatic heterocycles. The van der Waals surface area contributed by atoms with Crippen molar-refractivity contribution in [2.45, 2.75) is 58.9 Å². The maximum atomic E-state index is 9.55. The van der Waals surface area contributed by atoms with Crippen LogP contribution >= 0.6 is 0 Å². The Labute approximate surface area is 110 Å². The van der Waals surface area contributed by atoms with E-state index in [4.69, 9.17) is 0 Å². The maximum Gasteiger partial charge on any atom is 0.0693 e. The van der Waals surface area contributed by atoms with E-state index in [1.165, 1.54) is 12.8 Å². The molecule has 0 amide bonds. The number of nitrogens with zero attached hydrogens (tertiary/aromatic N) is 3. The van der Waals surface area contributed by atoms with Gasteiger partial charge in [0, 0.05) is 18.7 Å². The summed E-state index contributed by atoms with van der Waals surface area (Å²) in [6.45, 7) is 6.51. The third kappa shape index (κ3) is 2.75. The summed E-state index contributed by atoms with van der Waals surface area (Å²) in [5.74, 6) is 0.672. The van der Waals surface area contributed by atoms with Gasteiger partial charge >= 0.3 is 0 Å². The van der Waals surface area contributed by atoms with Gasteiger partial charge in [-0.1, -0.05) is 19.8 Å². The normalized spacial score (nSPS) is 28.3. The van der Waals surface area contributed by atoms with Crippen LogP contribution in [0.25, 0.3) is 0 Å². The number of hydrogen-bond donors (Lipinski definition) is 0. The smallest absolute Gasteiger partial charge is 0.0693 e. The predicted molar refractivity (Wildman–Crippen MR) is 72.0 cm³/mol. The molecular formula is C15H23N3. The first kappa shape index (κ1) is 13.1. The summed E-state index contributed by atoms with van der Waals surface area (Å²) in [5.41, 5.74) is 0.896. The van der Waals surface area contributed by atoms with Crippen molar-refractivity contribution < 1.29 is 0 Å². The lowest BCUT2D eigenvalue weighted by Gasteiger charge is -2.33. The van der Waals surface area contributed by atoms with Crippen molar-refractivity contribution >= 4 is 0 Å². The van der Waals surface area contributed by atoms with Crippen LogP contribution in [0, 0.1) is 22.7 Å². The quantitative estimate of drug-likeness (QED) is 0.814. The molecule has 0 spiro atoms. The molecule has 1 aromatic rings. The second-order valence-corrected chi connectivity index (χ2v) is 6.15. The second kappa shape index (κ2) is 5.14. The summed E-state index contributed by atoms with van der Waals surface area (Å²) in [6.07, 6.45) is 7.34. The largest absolute Gasteiger partial charge is 0.270 e. The summed E-state index contributed by atoms with van der Waals surface area (Å²) < 4.78 is 1.98. The van der Waals surface area contributed by atoms with Crippen molar-refractivity contribution in [1.29, 1.82) is 5.26 Å². The van der Waals surface area contributed by atoms with Crippen molar-refractivity contribution in [1.82, 2.24) is 9.78 Å². The van der Waals surface area contributed by atoms with Gasteiger partial charge in [0.05, 0.1) is 17.2 Å². The van der Waals surface area contributed by atoms with Gasteiger partial charge in [0.1, 0.15) is 0 Å². The number of rotatable bonds is 3. The van der Waals surface area contributed by atoms with Crippen molar-refractivity contribution in [3.8, 4) is 6.07 Å². The highest BCUT2D eigenvalue weighted by molar-refractivity contribution is 5.11. The molecule has 0 radical (unpaired) electrons. The van der Waals surface area contributed by atoms with Gasteiger partial charge in [0.25, 0.3) is 0 Å². The van der Waals surface area contributed by atoms with Gasteiger partial charge in [-0.3, -0.25) is 4.68 Å². The van der Waals surface area contributed by atoms with E-state index < -0.39 is 0 Å². The summed E-state index contributed by atoms with van der Waals surface area (Å²) in [6, 6.07) is 5.04. The lowest BCUT2D eigenvalue weighted by molar-refractivity contribution is 0.207. The Bertz CT molecular complexity index is 441. The third-order valence-corrected chi connectivity index (χ3v) is 4.04. The van der Waals surface area contributed by atoms with Crippen LogP contribution in [-0.2, 0) is 6.42 Å². The maximum absolute atomic E-state index is 9.55. The topological polar surface area (TPSA) is 41.6 Å². The van der Waals surface area contributed by atoms with Crippen LogP contribution in [0.2, 0.25) is 0 Å². The highest BCUT2D eigenvalue weighted by Crippen LogP contribution is 2.41. The van der Waals surface area contributed by atoms with E-state index in [-0.39, 0.29) is 5.41 Å². The lowest BCUT2D eigenvalue weighted by atomic mass is 9.69. The van der Waals surface area contributed by atoms with Gasteiger partial charge in [-0.15, -0.1) is 0 Å². The molecule has 18 heavy (non-hydrogen) atoms. The molecule has 2 atom stereocenters. The summed E-state index contributed by atoms with van der Waals surface area (Å²) in [7, 11) is 0. The summed E-state index contributed by atoms with van der Waals surface area (Å²) in [4.78, 5) is 0. The van der Waals surface area contributed by atoms with Crippen molar-refractivity contribution in [3.63, 3.8) is 0 Å². The fourth-order valence-electron chi connectivity index (χ4n) is 3.07. The molecule has 3 heteroatoms. The van der Waals surface area contributed by atoms with E-state index in [0.29, 0.717) is 12.0 Å². The third-order valence-electron chi connectivity index (χ3n) is 4.04. The van der Waals surface area contributed by atoms with Gasteiger partial charge in [-0.25, -0.2) is 0 Å². The number of aromatic nitrogens is 2. The highest BCUT2D eigenvalue weighted by Gasteiger charge is 2.35. The Hall–Kier alpha value is -1.30. The standard InChI is InChI=1S/C15H23N3/c1-12(2)18-8-6-14(17-18)10-15(11-16)7-4-5-13(3)9-15/h6,8,12-13H,4-5,7,9-10H2,1-3H3. The molecule has 98 valence electrons. The molecule has 2 unspecified atom stereocenters. The zero-order valence-corrected chi connectivity index (χ0v) is 11.7. The highest BCUT2D eigenvalue weighted by atomic mass is 15.3. The Kier molecular flexibility index (Phi) is 3.75. The Balaban J connectivity index is 2.12. The van der Waals surface area contributed by atoms with Gasteiger partial charge < -0.3 is 0 Å². The Morgan fingerprint density at radius 1 is 1.61 bits per heavy atom. The molecule has 1 saturated carbocycles. The number of nitriles is 1. The summed E-state index contributed by atoms with van der Waals surface area (Å²) >= 11 is 0. The molecule has 1 heterocycles. The second-order valence-electron chi connectivity index (χ2n) is 6.15. The van der Waals surface area contributed by atoms with E-state index >= 15 is 0 Å². The zero-order chi connectivity index (χ0) is 13.2. The van der Waals surface area contributed by atoms with Crippen LogP contribution in [0.5, 0.6) is 0 Å². The summed E-state index contributed by atoms with van der Waals surface area (Å²) in [5, 5.41) is 14.1. The van der Waals surface area contributed by atoms with Gasteiger partial charge in [-0.2, -0.15) is 10.4 Å². The van der Waals surface area contributed by atoms with Crippen LogP contribution in [0.15, 0.2) is 12.3 Å². The Morgan fingerprint density at radius 2 is 2.39 bits per heavy atom. The fourth-order valence-corrected chi connectivity index (χ4v) is 3.07. The van der Waals surface area contributed by atoms with Gasteiger partial charge in [-0.05, 0) is 38.7 Å². The van der Waals surface area contributed by atoms with Crippen molar-refractivity contribution in [3.05, 3.63) is 18.0 Å². The van der Waals surface area contributed by atoms with E-state index in [1.807, 2.05) is 10.9 Å². The molecule has 0 saturated heterocycles. The first-order valence-electron chi connectivity index (χ1n) is 7.00. The molecule has 1 aliphatic carbocycles. The molecule has 2 rings (SSSR count). The van der Waals surface area contributed by atoms with E-state index in [1.54, 1.807) is 0 Å². The molecule has 1 aromatic heterocycles. The first-order valence-corrected chi connectivity index (χ1v) is 7.00. The van der Waals surface area contributed by atoms with Gasteiger partial charge in [0.2, 0.25) is 0 Å². The van der Waals surface area contributed by atoms with Crippen LogP contribution in [0.4, 0.5) is 0 Å². The predicted octanol–water partition coefficient (Wildman–Crippen LogP) is 3.73. The Morgan fingerprint density at radius 3 is 2.94 bits per heavy atom. The van der Waals surface area contributed by atoms with Crippen LogP contribution < -0.4 is 0 Å². The SMILES string of the molecule is CC1CCCC(C#N)(Cc2ccn(C(C)C)n2)C1. The van der Waals surface area contributed by atoms with Crippen LogP contribution in [-0.4, -0.2) is 9.78 Å². The van der Waals surface area contributed by atoms with Crippen LogP contribution in [0.3, 0.4) is 0 Å². The molecular weight excluding hydrogens is 222 g/mol. The average Bonchev–Trinajstić information content (AvgIpc) is 2.77. The minimum atomic E-state index is -0.173. The minimum Gasteiger partial charge on any atom is -0.270 e. The zero-order valence-electron chi connectivity index (χ0n) is 11.7. The monoisotopic (exact) mass is 245 g/mol. The molecule has 1 aliphatic rings. The van der Waals surface area contributed by atoms with Crippen molar-refractivity contribution in [2.24, 2.45) is 11.3 Å². The van der Waals surface area contributed by atoms with Crippen molar-refractivity contribution in [2.75, 3.05) is 0 Å². The van der Waals surface area contributed by atoms with E-state index in [0.717, 1.165) is 25.0 Å². The van der Waals surface area contributed by atoms with E-state index in [2.05, 4.69) is 38.0 Å². The molecule has 3 nitrogen and oxygen atoms in total. The lowest BCUT2D eigenvalue weighted by Crippen LogP contribution is -2.28. The average molecular weight is 245 g/mol. The van der Waals surface area contributed by atoms with E-state index in [9.17, 15) is 5.26 Å².